The largest absolute Gasteiger partial charge is 0.359 e. The molecule has 0 aromatic heterocycles. The number of anilines is 1. The molecule has 8 nitrogen and oxygen atoms in total. The molecular formula is C30H41ClN4O4. The molecule has 1 aromatic rings. The lowest BCUT2D eigenvalue weighted by atomic mass is 9.74. The number of nitrogens with zero attached hydrogens (tertiary/aromatic N) is 2. The number of carbonyl (C=O) groups is 3. The van der Waals surface area contributed by atoms with Gasteiger partial charge >= 0.3 is 0 Å². The van der Waals surface area contributed by atoms with E-state index in [4.69, 9.17) is 16.3 Å². The van der Waals surface area contributed by atoms with Crippen molar-refractivity contribution >= 4 is 35.0 Å². The number of ether oxygens (including phenoxy) is 1. The Morgan fingerprint density at radius 3 is 2.67 bits per heavy atom. The van der Waals surface area contributed by atoms with Crippen molar-refractivity contribution in [3.05, 3.63) is 41.4 Å². The van der Waals surface area contributed by atoms with Gasteiger partial charge in [-0.25, -0.2) is 0 Å². The number of amides is 3. The summed E-state index contributed by atoms with van der Waals surface area (Å²) in [7, 11) is 2.09. The summed E-state index contributed by atoms with van der Waals surface area (Å²) in [6.45, 7) is 4.45. The fourth-order valence-electron chi connectivity index (χ4n) is 6.88. The minimum atomic E-state index is -1.13. The molecule has 5 atom stereocenters. The highest BCUT2D eigenvalue weighted by Crippen LogP contribution is 2.55. The molecule has 1 spiro atoms. The third-order valence-electron chi connectivity index (χ3n) is 8.80. The van der Waals surface area contributed by atoms with Gasteiger partial charge in [0, 0.05) is 23.3 Å². The van der Waals surface area contributed by atoms with E-state index in [1.54, 1.807) is 29.2 Å². The molecule has 1 saturated carbocycles. The van der Waals surface area contributed by atoms with E-state index in [2.05, 4.69) is 29.5 Å². The highest BCUT2D eigenvalue weighted by Gasteiger charge is 2.72. The van der Waals surface area contributed by atoms with Crippen molar-refractivity contribution in [1.82, 2.24) is 15.1 Å². The van der Waals surface area contributed by atoms with Gasteiger partial charge in [0.1, 0.15) is 11.6 Å². The first kappa shape index (κ1) is 28.1. The first-order valence-electron chi connectivity index (χ1n) is 14.6. The smallest absolute Gasteiger partial charge is 0.246 e. The number of benzene rings is 1. The molecule has 2 saturated heterocycles. The van der Waals surface area contributed by atoms with Gasteiger partial charge < -0.3 is 25.2 Å². The summed E-state index contributed by atoms with van der Waals surface area (Å²) in [6.07, 6.45) is 11.5. The fraction of sp³-hybridized carbons (Fsp3) is 0.633. The van der Waals surface area contributed by atoms with Crippen LogP contribution in [-0.2, 0) is 19.1 Å². The lowest BCUT2D eigenvalue weighted by molar-refractivity contribution is -0.141. The second kappa shape index (κ2) is 12.0. The topological polar surface area (TPSA) is 91.0 Å². The van der Waals surface area contributed by atoms with E-state index in [1.165, 1.54) is 6.42 Å². The van der Waals surface area contributed by atoms with Gasteiger partial charge in [0.05, 0.1) is 17.9 Å². The molecule has 39 heavy (non-hydrogen) atoms. The Kier molecular flexibility index (Phi) is 8.64. The van der Waals surface area contributed by atoms with E-state index in [0.717, 1.165) is 58.0 Å². The number of likely N-dealkylation sites (tertiary alicyclic amines) is 1. The predicted molar refractivity (Wildman–Crippen MR) is 151 cm³/mol. The van der Waals surface area contributed by atoms with E-state index in [1.807, 2.05) is 12.2 Å². The standard InChI is InChI=1S/C30H41ClN4O4/c1-3-4-16-34(2)17-9-18-35-26(28(37)32-21-11-6-5-7-12-21)30-15-14-23(39-30)24(25(30)29(35)38)27(36)33-22-13-8-10-20(31)19-22/h8,10,13-15,19,21,23-26H,3-7,9,11-12,16-18H2,1-2H3,(H,32,37)(H,33,36)/t23-,24+,25-,26-,30+/m1/s1. The maximum Gasteiger partial charge on any atom is 0.246 e. The Morgan fingerprint density at radius 2 is 1.92 bits per heavy atom. The number of carbonyl (C=O) groups excluding carboxylic acids is 3. The fourth-order valence-corrected chi connectivity index (χ4v) is 7.07. The second-order valence-electron chi connectivity index (χ2n) is 11.6. The Morgan fingerprint density at radius 1 is 1.15 bits per heavy atom. The van der Waals surface area contributed by atoms with Crippen molar-refractivity contribution in [1.29, 1.82) is 0 Å². The van der Waals surface area contributed by atoms with Gasteiger partial charge in [-0.1, -0.05) is 62.4 Å². The Hall–Kier alpha value is -2.42. The molecule has 5 rings (SSSR count). The molecule has 0 radical (unpaired) electrons. The predicted octanol–water partition coefficient (Wildman–Crippen LogP) is 4.00. The zero-order valence-electron chi connectivity index (χ0n) is 23.0. The molecule has 2 bridgehead atoms. The third kappa shape index (κ3) is 5.61. The second-order valence-corrected chi connectivity index (χ2v) is 12.0. The average molecular weight is 557 g/mol. The Labute approximate surface area is 236 Å². The Balaban J connectivity index is 1.37. The van der Waals surface area contributed by atoms with Crippen LogP contribution in [0.5, 0.6) is 0 Å². The highest BCUT2D eigenvalue weighted by atomic mass is 35.5. The number of fused-ring (bicyclic) bond motifs is 1. The molecule has 212 valence electrons. The van der Waals surface area contributed by atoms with Crippen LogP contribution in [0.3, 0.4) is 0 Å². The summed E-state index contributed by atoms with van der Waals surface area (Å²) in [5.74, 6) is -2.10. The highest BCUT2D eigenvalue weighted by molar-refractivity contribution is 6.30. The van der Waals surface area contributed by atoms with Gasteiger partial charge in [0.2, 0.25) is 17.7 Å². The van der Waals surface area contributed by atoms with Crippen molar-refractivity contribution < 1.29 is 19.1 Å². The molecule has 3 heterocycles. The monoisotopic (exact) mass is 556 g/mol. The minimum Gasteiger partial charge on any atom is -0.359 e. The number of rotatable bonds is 11. The van der Waals surface area contributed by atoms with Gasteiger partial charge in [-0.2, -0.15) is 0 Å². The summed E-state index contributed by atoms with van der Waals surface area (Å²) < 4.78 is 6.45. The molecule has 1 aliphatic carbocycles. The molecule has 2 N–H and O–H groups in total. The van der Waals surface area contributed by atoms with E-state index in [9.17, 15) is 14.4 Å². The molecule has 9 heteroatoms. The maximum absolute atomic E-state index is 14.1. The van der Waals surface area contributed by atoms with E-state index in [-0.39, 0.29) is 23.8 Å². The molecular weight excluding hydrogens is 516 g/mol. The van der Waals surface area contributed by atoms with Crippen molar-refractivity contribution in [3.8, 4) is 0 Å². The van der Waals surface area contributed by atoms with Gasteiger partial charge in [-0.3, -0.25) is 14.4 Å². The maximum atomic E-state index is 14.1. The van der Waals surface area contributed by atoms with Crippen LogP contribution < -0.4 is 10.6 Å². The van der Waals surface area contributed by atoms with Crippen molar-refractivity contribution in [3.63, 3.8) is 0 Å². The lowest BCUT2D eigenvalue weighted by Gasteiger charge is -2.34. The SMILES string of the molecule is CCCCN(C)CCCN1C(=O)[C@H]2[C@@H](C(=O)Nc3cccc(Cl)c3)[C@H]3C=C[C@@]2(O3)[C@H]1C(=O)NC1CCCCC1. The molecule has 3 aliphatic heterocycles. The summed E-state index contributed by atoms with van der Waals surface area (Å²) in [4.78, 5) is 45.5. The zero-order valence-corrected chi connectivity index (χ0v) is 23.8. The molecule has 3 fully saturated rings. The van der Waals surface area contributed by atoms with Crippen LogP contribution in [0.2, 0.25) is 5.02 Å². The van der Waals surface area contributed by atoms with E-state index >= 15 is 0 Å². The Bertz CT molecular complexity index is 1110. The number of hydrogen-bond acceptors (Lipinski definition) is 5. The van der Waals surface area contributed by atoms with Gasteiger partial charge in [-0.05, 0) is 64.0 Å². The van der Waals surface area contributed by atoms with Crippen LogP contribution >= 0.6 is 11.6 Å². The van der Waals surface area contributed by atoms with Crippen molar-refractivity contribution in [2.45, 2.75) is 82.1 Å². The number of hydrogen-bond donors (Lipinski definition) is 2. The first-order valence-corrected chi connectivity index (χ1v) is 14.9. The summed E-state index contributed by atoms with van der Waals surface area (Å²) in [5, 5.41) is 6.69. The van der Waals surface area contributed by atoms with Gasteiger partial charge in [0.25, 0.3) is 0 Å². The van der Waals surface area contributed by atoms with Crippen LogP contribution in [0.4, 0.5) is 5.69 Å². The van der Waals surface area contributed by atoms with Crippen LogP contribution in [-0.4, -0.2) is 78.0 Å². The summed E-state index contributed by atoms with van der Waals surface area (Å²) >= 11 is 6.12. The normalized spacial score (nSPS) is 29.7. The van der Waals surface area contributed by atoms with Gasteiger partial charge in [0.15, 0.2) is 0 Å². The first-order chi connectivity index (χ1) is 18.8. The number of halogens is 1. The quantitative estimate of drug-likeness (QED) is 0.402. The van der Waals surface area contributed by atoms with Crippen molar-refractivity contribution in [2.24, 2.45) is 11.8 Å². The van der Waals surface area contributed by atoms with E-state index in [0.29, 0.717) is 17.3 Å². The van der Waals surface area contributed by atoms with Crippen molar-refractivity contribution in [2.75, 3.05) is 32.0 Å². The molecule has 0 unspecified atom stereocenters. The van der Waals surface area contributed by atoms with Crippen LogP contribution in [0.1, 0.15) is 58.3 Å². The lowest BCUT2D eigenvalue weighted by Crippen LogP contribution is -2.56. The van der Waals surface area contributed by atoms with Gasteiger partial charge in [-0.15, -0.1) is 0 Å². The number of nitrogens with one attached hydrogen (secondary N) is 2. The molecule has 1 aromatic carbocycles. The summed E-state index contributed by atoms with van der Waals surface area (Å²) in [5.41, 5.74) is -0.567. The van der Waals surface area contributed by atoms with Crippen LogP contribution in [0.25, 0.3) is 0 Å². The minimum absolute atomic E-state index is 0.114. The zero-order chi connectivity index (χ0) is 27.6. The molecule has 4 aliphatic rings. The molecule has 3 amide bonds. The average Bonchev–Trinajstić information content (AvgIpc) is 3.55. The number of unbranched alkanes of at least 4 members (excludes halogenated alkanes) is 1. The van der Waals surface area contributed by atoms with Crippen LogP contribution in [0.15, 0.2) is 36.4 Å². The van der Waals surface area contributed by atoms with Crippen LogP contribution in [0, 0.1) is 11.8 Å². The summed E-state index contributed by atoms with van der Waals surface area (Å²) in [6, 6.07) is 6.27. The third-order valence-corrected chi connectivity index (χ3v) is 9.04. The van der Waals surface area contributed by atoms with E-state index < -0.39 is 29.6 Å².